The van der Waals surface area contributed by atoms with E-state index in [4.69, 9.17) is 28.9 Å². The van der Waals surface area contributed by atoms with Crippen molar-refractivity contribution in [3.63, 3.8) is 0 Å². The van der Waals surface area contributed by atoms with Crippen molar-refractivity contribution < 1.29 is 4.79 Å². The van der Waals surface area contributed by atoms with Gasteiger partial charge in [-0.3, -0.25) is 0 Å². The van der Waals surface area contributed by atoms with Gasteiger partial charge in [-0.25, -0.2) is 9.78 Å². The molecule has 1 heterocycles. The number of carbonyl (C=O) groups is 1. The Bertz CT molecular complexity index is 601. The van der Waals surface area contributed by atoms with Crippen molar-refractivity contribution in [2.45, 2.75) is 0 Å². The highest BCUT2D eigenvalue weighted by molar-refractivity contribution is 6.42. The molecule has 1 aromatic carbocycles. The number of rotatable bonds is 2. The molecule has 0 saturated carbocycles. The molecule has 0 bridgehead atoms. The first-order valence-electron chi connectivity index (χ1n) is 5.29. The zero-order valence-electron chi connectivity index (χ0n) is 9.65. The van der Waals surface area contributed by atoms with Crippen LogP contribution in [0.5, 0.6) is 0 Å². The molecule has 0 spiro atoms. The van der Waals surface area contributed by atoms with Gasteiger partial charge in [0.25, 0.3) is 0 Å². The van der Waals surface area contributed by atoms with Crippen LogP contribution in [0.15, 0.2) is 36.5 Å². The molecular formula is C12H10Cl2N4O. The lowest BCUT2D eigenvalue weighted by Gasteiger charge is -2.08. The summed E-state index contributed by atoms with van der Waals surface area (Å²) in [5.74, 6) is 0.385. The third-order valence-corrected chi connectivity index (χ3v) is 2.96. The van der Waals surface area contributed by atoms with Crippen LogP contribution in [0.4, 0.5) is 22.0 Å². The number of hydrogen-bond donors (Lipinski definition) is 3. The molecule has 7 heteroatoms. The first-order valence-corrected chi connectivity index (χ1v) is 6.05. The minimum atomic E-state index is -0.412. The molecule has 2 amide bonds. The van der Waals surface area contributed by atoms with Gasteiger partial charge in [0.1, 0.15) is 5.82 Å². The fourth-order valence-corrected chi connectivity index (χ4v) is 1.64. The molecule has 98 valence electrons. The van der Waals surface area contributed by atoms with Crippen LogP contribution in [0.25, 0.3) is 0 Å². The Kier molecular flexibility index (Phi) is 4.09. The van der Waals surface area contributed by atoms with E-state index in [1.165, 1.54) is 6.20 Å². The Hall–Kier alpha value is -1.98. The molecule has 2 aromatic rings. The maximum atomic E-state index is 11.7. The SMILES string of the molecule is Nc1ccc(NC(=O)Nc2ccc(Cl)c(Cl)c2)cn1. The van der Waals surface area contributed by atoms with Crippen molar-refractivity contribution in [2.75, 3.05) is 16.4 Å². The lowest BCUT2D eigenvalue weighted by atomic mass is 10.3. The van der Waals surface area contributed by atoms with E-state index >= 15 is 0 Å². The molecule has 1 aromatic heterocycles. The maximum absolute atomic E-state index is 11.7. The number of aromatic nitrogens is 1. The van der Waals surface area contributed by atoms with Crippen LogP contribution < -0.4 is 16.4 Å². The number of amides is 2. The fraction of sp³-hybridized carbons (Fsp3) is 0. The van der Waals surface area contributed by atoms with Crippen LogP contribution in [0, 0.1) is 0 Å². The van der Waals surface area contributed by atoms with Crippen LogP contribution in [0.3, 0.4) is 0 Å². The van der Waals surface area contributed by atoms with Crippen molar-refractivity contribution in [1.29, 1.82) is 0 Å². The van der Waals surface area contributed by atoms with Crippen molar-refractivity contribution in [3.05, 3.63) is 46.6 Å². The zero-order valence-corrected chi connectivity index (χ0v) is 11.2. The lowest BCUT2D eigenvalue weighted by molar-refractivity contribution is 0.262. The Labute approximate surface area is 119 Å². The summed E-state index contributed by atoms with van der Waals surface area (Å²) in [5, 5.41) is 6.02. The monoisotopic (exact) mass is 296 g/mol. The standard InChI is InChI=1S/C12H10Cl2N4O/c13-9-3-1-7(5-10(9)14)17-12(19)18-8-2-4-11(15)16-6-8/h1-6H,(H2,15,16)(H2,17,18,19). The van der Waals surface area contributed by atoms with Gasteiger partial charge in [-0.1, -0.05) is 23.2 Å². The van der Waals surface area contributed by atoms with Gasteiger partial charge in [-0.05, 0) is 30.3 Å². The van der Waals surface area contributed by atoms with Crippen LogP contribution in [0.1, 0.15) is 0 Å². The normalized spacial score (nSPS) is 10.0. The van der Waals surface area contributed by atoms with E-state index in [9.17, 15) is 4.79 Å². The number of halogens is 2. The molecule has 0 saturated heterocycles. The van der Waals surface area contributed by atoms with Crippen molar-refractivity contribution in [2.24, 2.45) is 0 Å². The van der Waals surface area contributed by atoms with Gasteiger partial charge in [-0.15, -0.1) is 0 Å². The van der Waals surface area contributed by atoms with E-state index < -0.39 is 6.03 Å². The first-order chi connectivity index (χ1) is 9.04. The molecule has 2 rings (SSSR count). The fourth-order valence-electron chi connectivity index (χ4n) is 1.35. The predicted molar refractivity (Wildman–Crippen MR) is 77.8 cm³/mol. The number of anilines is 3. The molecule has 4 N–H and O–H groups in total. The summed E-state index contributed by atoms with van der Waals surface area (Å²) in [5.41, 5.74) is 6.52. The zero-order chi connectivity index (χ0) is 13.8. The van der Waals surface area contributed by atoms with E-state index in [-0.39, 0.29) is 0 Å². The number of hydrogen-bond acceptors (Lipinski definition) is 3. The Balaban J connectivity index is 2.01. The second-order valence-corrected chi connectivity index (χ2v) is 4.49. The summed E-state index contributed by atoms with van der Waals surface area (Å²) >= 11 is 11.6. The molecule has 5 nitrogen and oxygen atoms in total. The Morgan fingerprint density at radius 2 is 1.74 bits per heavy atom. The molecule has 0 atom stereocenters. The van der Waals surface area contributed by atoms with E-state index in [1.807, 2.05) is 0 Å². The summed E-state index contributed by atoms with van der Waals surface area (Å²) in [6, 6.07) is 7.64. The minimum Gasteiger partial charge on any atom is -0.384 e. The first kappa shape index (κ1) is 13.5. The van der Waals surface area contributed by atoms with Crippen LogP contribution in [-0.4, -0.2) is 11.0 Å². The van der Waals surface area contributed by atoms with Gasteiger partial charge in [0.05, 0.1) is 21.9 Å². The number of nitrogens with zero attached hydrogens (tertiary/aromatic N) is 1. The average Bonchev–Trinajstić information content (AvgIpc) is 2.37. The van der Waals surface area contributed by atoms with Crippen molar-refractivity contribution in [1.82, 2.24) is 4.98 Å². The Morgan fingerprint density at radius 1 is 1.05 bits per heavy atom. The quantitative estimate of drug-likeness (QED) is 0.792. The van der Waals surface area contributed by atoms with Gasteiger partial charge >= 0.3 is 6.03 Å². The van der Waals surface area contributed by atoms with Gasteiger partial charge in [-0.2, -0.15) is 0 Å². The molecule has 0 fully saturated rings. The number of benzene rings is 1. The van der Waals surface area contributed by atoms with Crippen molar-refractivity contribution in [3.8, 4) is 0 Å². The van der Waals surface area contributed by atoms with Gasteiger partial charge in [0.2, 0.25) is 0 Å². The van der Waals surface area contributed by atoms with E-state index in [0.717, 1.165) is 0 Å². The maximum Gasteiger partial charge on any atom is 0.323 e. The predicted octanol–water partition coefficient (Wildman–Crippen LogP) is 3.61. The molecule has 0 radical (unpaired) electrons. The van der Waals surface area contributed by atoms with Gasteiger partial charge in [0, 0.05) is 5.69 Å². The summed E-state index contributed by atoms with van der Waals surface area (Å²) in [6.07, 6.45) is 1.46. The number of carbonyl (C=O) groups excluding carboxylic acids is 1. The third-order valence-electron chi connectivity index (χ3n) is 2.22. The Morgan fingerprint density at radius 3 is 2.37 bits per heavy atom. The molecule has 19 heavy (non-hydrogen) atoms. The number of pyridine rings is 1. The van der Waals surface area contributed by atoms with Crippen LogP contribution in [0.2, 0.25) is 10.0 Å². The highest BCUT2D eigenvalue weighted by Gasteiger charge is 2.05. The average molecular weight is 297 g/mol. The number of urea groups is 1. The molecule has 0 unspecified atom stereocenters. The highest BCUT2D eigenvalue weighted by atomic mass is 35.5. The van der Waals surface area contributed by atoms with E-state index in [0.29, 0.717) is 27.2 Å². The number of nitrogens with one attached hydrogen (secondary N) is 2. The summed E-state index contributed by atoms with van der Waals surface area (Å²) in [4.78, 5) is 15.6. The third kappa shape index (κ3) is 3.74. The molecule has 0 aliphatic heterocycles. The second-order valence-electron chi connectivity index (χ2n) is 3.68. The van der Waals surface area contributed by atoms with Crippen LogP contribution in [-0.2, 0) is 0 Å². The van der Waals surface area contributed by atoms with E-state index in [1.54, 1.807) is 30.3 Å². The van der Waals surface area contributed by atoms with E-state index in [2.05, 4.69) is 15.6 Å². The summed E-state index contributed by atoms with van der Waals surface area (Å²) in [7, 11) is 0. The van der Waals surface area contributed by atoms with Gasteiger partial charge in [0.15, 0.2) is 0 Å². The largest absolute Gasteiger partial charge is 0.384 e. The minimum absolute atomic E-state index is 0.369. The summed E-state index contributed by atoms with van der Waals surface area (Å²) < 4.78 is 0. The number of nitrogens with two attached hydrogens (primary N) is 1. The van der Waals surface area contributed by atoms with Crippen LogP contribution >= 0.6 is 23.2 Å². The smallest absolute Gasteiger partial charge is 0.323 e. The van der Waals surface area contributed by atoms with Crippen molar-refractivity contribution >= 4 is 46.4 Å². The van der Waals surface area contributed by atoms with Gasteiger partial charge < -0.3 is 16.4 Å². The molecular weight excluding hydrogens is 287 g/mol. The topological polar surface area (TPSA) is 80.0 Å². The molecule has 0 aliphatic rings. The lowest BCUT2D eigenvalue weighted by Crippen LogP contribution is -2.19. The summed E-state index contributed by atoms with van der Waals surface area (Å²) in [6.45, 7) is 0. The highest BCUT2D eigenvalue weighted by Crippen LogP contribution is 2.25. The number of nitrogen functional groups attached to an aromatic ring is 1. The molecule has 0 aliphatic carbocycles. The second kappa shape index (κ2) is 5.77.